The number of rotatable bonds is 6. The molecular formula is C36H51N3O8. The Labute approximate surface area is 278 Å². The molecule has 2 amide bonds. The molecule has 0 unspecified atom stereocenters. The first kappa shape index (κ1) is 36.2. The van der Waals surface area contributed by atoms with Crippen LogP contribution in [0.5, 0.6) is 0 Å². The van der Waals surface area contributed by atoms with E-state index in [-0.39, 0.29) is 43.8 Å². The number of cyclic esters (lactones) is 1. The van der Waals surface area contributed by atoms with Crippen LogP contribution in [0.4, 0.5) is 15.3 Å². The number of likely N-dealkylation sites (N-methyl/N-ethyl adjacent to an activating group) is 1. The Hall–Kier alpha value is -3.67. The summed E-state index contributed by atoms with van der Waals surface area (Å²) in [6, 6.07) is 7.83. The standard InChI is InChI=1S/C36H51N3O8/c1-25(24-45-35(43)39-18-16-28-11-6-7-12-30(28)39)9-8-10-26(2)33-27(3)13-14-31(46-34(42)38-21-19-37(5)20-22-38)36(4,44)17-15-29(40)23-32(41)47-33/h6-14,25,27,29,31,33,40,44H,15-24H2,1-5H3/b9-8+,14-13+,26-10+/t25-,27+,29-,31+,33-,36-/m1/s1. The van der Waals surface area contributed by atoms with Crippen molar-refractivity contribution in [3.8, 4) is 0 Å². The Morgan fingerprint density at radius 3 is 2.60 bits per heavy atom. The number of para-hydroxylation sites is 1. The molecule has 0 aromatic heterocycles. The van der Waals surface area contributed by atoms with Gasteiger partial charge in [0.1, 0.15) is 11.7 Å². The first-order valence-corrected chi connectivity index (χ1v) is 16.6. The number of benzene rings is 1. The Kier molecular flexibility index (Phi) is 12.6. The predicted molar refractivity (Wildman–Crippen MR) is 179 cm³/mol. The largest absolute Gasteiger partial charge is 0.457 e. The molecule has 0 radical (unpaired) electrons. The third kappa shape index (κ3) is 10.2. The van der Waals surface area contributed by atoms with E-state index in [1.165, 1.54) is 0 Å². The summed E-state index contributed by atoms with van der Waals surface area (Å²) in [6.45, 7) is 10.6. The maximum absolute atomic E-state index is 13.0. The van der Waals surface area contributed by atoms with Gasteiger partial charge in [-0.05, 0) is 63.4 Å². The quantitative estimate of drug-likeness (QED) is 0.198. The van der Waals surface area contributed by atoms with Crippen LogP contribution in [-0.2, 0) is 25.4 Å². The molecule has 0 saturated carbocycles. The van der Waals surface area contributed by atoms with Crippen LogP contribution in [0, 0.1) is 11.8 Å². The van der Waals surface area contributed by atoms with Crippen LogP contribution >= 0.6 is 0 Å². The van der Waals surface area contributed by atoms with Gasteiger partial charge in [-0.3, -0.25) is 9.69 Å². The molecule has 0 aliphatic carbocycles. The number of anilines is 1. The predicted octanol–water partition coefficient (Wildman–Crippen LogP) is 4.48. The number of fused-ring (bicyclic) bond motifs is 1. The summed E-state index contributed by atoms with van der Waals surface area (Å²) < 4.78 is 17.3. The molecule has 3 heterocycles. The van der Waals surface area contributed by atoms with Crippen LogP contribution in [0.3, 0.4) is 0 Å². The van der Waals surface area contributed by atoms with Crippen molar-refractivity contribution in [2.45, 2.75) is 77.3 Å². The second-order valence-electron chi connectivity index (χ2n) is 13.4. The number of piperazine rings is 1. The minimum absolute atomic E-state index is 0.0647. The van der Waals surface area contributed by atoms with E-state index in [1.54, 1.807) is 28.9 Å². The second-order valence-corrected chi connectivity index (χ2v) is 13.4. The van der Waals surface area contributed by atoms with Crippen molar-refractivity contribution in [3.05, 3.63) is 65.8 Å². The Balaban J connectivity index is 1.41. The first-order valence-electron chi connectivity index (χ1n) is 16.6. The summed E-state index contributed by atoms with van der Waals surface area (Å²) in [5.74, 6) is -0.950. The number of hydrogen-bond donors (Lipinski definition) is 2. The lowest BCUT2D eigenvalue weighted by molar-refractivity contribution is -0.151. The molecule has 2 N–H and O–H groups in total. The zero-order valence-electron chi connectivity index (χ0n) is 28.3. The number of carbonyl (C=O) groups excluding carboxylic acids is 3. The average molecular weight is 654 g/mol. The average Bonchev–Trinajstić information content (AvgIpc) is 3.47. The summed E-state index contributed by atoms with van der Waals surface area (Å²) in [6.07, 6.45) is 6.38. The number of hydrogen-bond acceptors (Lipinski definition) is 9. The lowest BCUT2D eigenvalue weighted by Crippen LogP contribution is -2.50. The molecule has 258 valence electrons. The van der Waals surface area contributed by atoms with E-state index in [4.69, 9.17) is 14.2 Å². The van der Waals surface area contributed by atoms with Crippen molar-refractivity contribution < 1.29 is 38.8 Å². The summed E-state index contributed by atoms with van der Waals surface area (Å²) in [5, 5.41) is 21.9. The lowest BCUT2D eigenvalue weighted by Gasteiger charge is -2.36. The number of aliphatic hydroxyl groups is 2. The number of ether oxygens (including phenoxy) is 3. The van der Waals surface area contributed by atoms with Gasteiger partial charge in [0.25, 0.3) is 0 Å². The summed E-state index contributed by atoms with van der Waals surface area (Å²) in [5.41, 5.74) is 1.32. The van der Waals surface area contributed by atoms with Crippen LogP contribution in [0.25, 0.3) is 0 Å². The number of nitrogens with zero attached hydrogens (tertiary/aromatic N) is 3. The van der Waals surface area contributed by atoms with E-state index in [0.717, 1.165) is 36.3 Å². The third-order valence-electron chi connectivity index (χ3n) is 9.14. The Morgan fingerprint density at radius 2 is 1.85 bits per heavy atom. The molecule has 4 rings (SSSR count). The van der Waals surface area contributed by atoms with Gasteiger partial charge in [0.15, 0.2) is 6.10 Å². The lowest BCUT2D eigenvalue weighted by atomic mass is 9.89. The summed E-state index contributed by atoms with van der Waals surface area (Å²) >= 11 is 0. The zero-order valence-corrected chi connectivity index (χ0v) is 28.3. The van der Waals surface area contributed by atoms with E-state index in [0.29, 0.717) is 19.6 Å². The zero-order chi connectivity index (χ0) is 34.1. The van der Waals surface area contributed by atoms with Crippen LogP contribution in [0.1, 0.15) is 52.5 Å². The van der Waals surface area contributed by atoms with Gasteiger partial charge < -0.3 is 34.2 Å². The van der Waals surface area contributed by atoms with Gasteiger partial charge in [0.05, 0.1) is 24.8 Å². The number of allylic oxidation sites excluding steroid dienone is 2. The van der Waals surface area contributed by atoms with Crippen molar-refractivity contribution in [1.29, 1.82) is 0 Å². The SMILES string of the molecule is C/C(=C\C=C\[C@@H](C)COC(=O)N1CCc2ccccc21)[C@H]1OC(=O)C[C@H](O)CC[C@@](C)(O)[C@@H](OC(=O)N2CCN(C)CC2)/C=C/[C@@H]1C. The van der Waals surface area contributed by atoms with Gasteiger partial charge in [-0.1, -0.05) is 56.4 Å². The Bertz CT molecular complexity index is 1330. The molecule has 3 aliphatic heterocycles. The van der Waals surface area contributed by atoms with Crippen LogP contribution < -0.4 is 4.90 Å². The molecule has 3 aliphatic rings. The highest BCUT2D eigenvalue weighted by atomic mass is 16.6. The maximum Gasteiger partial charge on any atom is 0.414 e. The maximum atomic E-state index is 13.0. The molecule has 11 heteroatoms. The van der Waals surface area contributed by atoms with E-state index < -0.39 is 36.0 Å². The van der Waals surface area contributed by atoms with E-state index in [9.17, 15) is 24.6 Å². The topological polar surface area (TPSA) is 129 Å². The van der Waals surface area contributed by atoms with Gasteiger partial charge >= 0.3 is 18.2 Å². The minimum atomic E-state index is -1.47. The van der Waals surface area contributed by atoms with Crippen molar-refractivity contribution in [2.75, 3.05) is 51.3 Å². The van der Waals surface area contributed by atoms with Gasteiger partial charge in [-0.25, -0.2) is 9.59 Å². The molecule has 47 heavy (non-hydrogen) atoms. The summed E-state index contributed by atoms with van der Waals surface area (Å²) in [4.78, 5) is 44.0. The highest BCUT2D eigenvalue weighted by Crippen LogP contribution is 2.29. The Morgan fingerprint density at radius 1 is 1.13 bits per heavy atom. The number of aliphatic hydroxyl groups excluding tert-OH is 1. The molecule has 0 spiro atoms. The smallest absolute Gasteiger partial charge is 0.414 e. The third-order valence-corrected chi connectivity index (χ3v) is 9.14. The fourth-order valence-corrected chi connectivity index (χ4v) is 5.98. The molecular weight excluding hydrogens is 602 g/mol. The fourth-order valence-electron chi connectivity index (χ4n) is 5.98. The van der Waals surface area contributed by atoms with Crippen molar-refractivity contribution >= 4 is 23.8 Å². The number of amides is 2. The normalized spacial score (nSPS) is 29.3. The molecule has 1 aromatic rings. The fraction of sp³-hybridized carbons (Fsp3) is 0.583. The van der Waals surface area contributed by atoms with Crippen molar-refractivity contribution in [1.82, 2.24) is 9.80 Å². The highest BCUT2D eigenvalue weighted by molar-refractivity contribution is 5.90. The second kappa shape index (κ2) is 16.4. The molecule has 1 fully saturated rings. The van der Waals surface area contributed by atoms with E-state index in [2.05, 4.69) is 4.90 Å². The van der Waals surface area contributed by atoms with Gasteiger partial charge in [-0.2, -0.15) is 0 Å². The van der Waals surface area contributed by atoms with E-state index in [1.807, 2.05) is 70.3 Å². The molecule has 11 nitrogen and oxygen atoms in total. The number of esters is 1. The highest BCUT2D eigenvalue weighted by Gasteiger charge is 2.37. The van der Waals surface area contributed by atoms with Crippen molar-refractivity contribution in [2.24, 2.45) is 11.8 Å². The molecule has 0 bridgehead atoms. The molecule has 6 atom stereocenters. The van der Waals surface area contributed by atoms with Gasteiger partial charge in [0, 0.05) is 44.6 Å². The summed E-state index contributed by atoms with van der Waals surface area (Å²) in [7, 11) is 2.00. The van der Waals surface area contributed by atoms with Crippen LogP contribution in [0.2, 0.25) is 0 Å². The van der Waals surface area contributed by atoms with Crippen LogP contribution in [-0.4, -0.2) is 108 Å². The van der Waals surface area contributed by atoms with Gasteiger partial charge in [0.2, 0.25) is 0 Å². The molecule has 1 aromatic carbocycles. The van der Waals surface area contributed by atoms with Crippen LogP contribution in [0.15, 0.2) is 60.2 Å². The number of carbonyl (C=O) groups is 3. The van der Waals surface area contributed by atoms with Gasteiger partial charge in [-0.15, -0.1) is 0 Å². The van der Waals surface area contributed by atoms with Crippen molar-refractivity contribution in [3.63, 3.8) is 0 Å². The molecule has 1 saturated heterocycles. The minimum Gasteiger partial charge on any atom is -0.457 e. The first-order chi connectivity index (χ1) is 22.3. The van der Waals surface area contributed by atoms with E-state index >= 15 is 0 Å². The monoisotopic (exact) mass is 653 g/mol.